The molecular weight excluding hydrogens is 270 g/mol. The van der Waals surface area contributed by atoms with Gasteiger partial charge < -0.3 is 4.74 Å². The Morgan fingerprint density at radius 1 is 1.47 bits per heavy atom. The minimum Gasteiger partial charge on any atom is -0.462 e. The van der Waals surface area contributed by atoms with Crippen LogP contribution in [0, 0.1) is 11.3 Å². The second-order valence-electron chi connectivity index (χ2n) is 3.40. The van der Waals surface area contributed by atoms with Gasteiger partial charge in [0.25, 0.3) is 10.1 Å². The van der Waals surface area contributed by atoms with E-state index in [1.807, 2.05) is 0 Å². The largest absolute Gasteiger partial charge is 0.462 e. The first-order valence-electron chi connectivity index (χ1n) is 5.25. The number of carbonyl (C=O) groups is 1. The van der Waals surface area contributed by atoms with Gasteiger partial charge in [-0.25, -0.2) is 4.79 Å². The van der Waals surface area contributed by atoms with Gasteiger partial charge in [-0.15, -0.1) is 0 Å². The average molecular weight is 281 g/mol. The standard InChI is InChI=1S/C12H11NO5S/c1-2-18-12(14)10(8-13)7-9-5-3-4-6-11(9)19(15,16)17/h3-7H,2H2,1H3,(H,15,16,17)/b10-7+. The number of hydrogen-bond donors (Lipinski definition) is 1. The average Bonchev–Trinajstić information content (AvgIpc) is 2.35. The highest BCUT2D eigenvalue weighted by Crippen LogP contribution is 2.18. The Balaban J connectivity index is 3.32. The molecule has 1 N–H and O–H groups in total. The minimum absolute atomic E-state index is 0.0367. The van der Waals surface area contributed by atoms with Gasteiger partial charge in [-0.2, -0.15) is 13.7 Å². The van der Waals surface area contributed by atoms with E-state index < -0.39 is 16.1 Å². The van der Waals surface area contributed by atoms with E-state index in [9.17, 15) is 13.2 Å². The molecule has 0 spiro atoms. The first-order valence-corrected chi connectivity index (χ1v) is 6.69. The van der Waals surface area contributed by atoms with Crippen molar-refractivity contribution >= 4 is 22.2 Å². The molecule has 0 unspecified atom stereocenters. The molecule has 0 aliphatic rings. The number of hydrogen-bond acceptors (Lipinski definition) is 5. The van der Waals surface area contributed by atoms with Gasteiger partial charge in [-0.05, 0) is 24.6 Å². The number of esters is 1. The van der Waals surface area contributed by atoms with E-state index in [4.69, 9.17) is 9.81 Å². The number of benzene rings is 1. The summed E-state index contributed by atoms with van der Waals surface area (Å²) in [6, 6.07) is 7.08. The molecule has 1 rings (SSSR count). The van der Waals surface area contributed by atoms with Crippen LogP contribution in [0.15, 0.2) is 34.7 Å². The molecule has 6 nitrogen and oxygen atoms in total. The maximum absolute atomic E-state index is 11.4. The van der Waals surface area contributed by atoms with Crippen molar-refractivity contribution < 1.29 is 22.5 Å². The molecule has 1 aromatic rings. The molecule has 0 aliphatic heterocycles. The highest BCUT2D eigenvalue weighted by molar-refractivity contribution is 7.85. The Hall–Kier alpha value is -2.17. The van der Waals surface area contributed by atoms with Gasteiger partial charge in [0.15, 0.2) is 0 Å². The fraction of sp³-hybridized carbons (Fsp3) is 0.167. The minimum atomic E-state index is -4.43. The lowest BCUT2D eigenvalue weighted by Gasteiger charge is -2.03. The van der Waals surface area contributed by atoms with Gasteiger partial charge in [0.05, 0.1) is 6.61 Å². The van der Waals surface area contributed by atoms with Gasteiger partial charge in [0, 0.05) is 0 Å². The van der Waals surface area contributed by atoms with E-state index >= 15 is 0 Å². The van der Waals surface area contributed by atoms with Crippen LogP contribution in [0.3, 0.4) is 0 Å². The van der Waals surface area contributed by atoms with Crippen LogP contribution in [-0.2, 0) is 19.6 Å². The number of ether oxygens (including phenoxy) is 1. The summed E-state index contributed by atoms with van der Waals surface area (Å²) in [6.07, 6.45) is 1.06. The fourth-order valence-electron chi connectivity index (χ4n) is 1.34. The van der Waals surface area contributed by atoms with Gasteiger partial charge in [0.1, 0.15) is 16.5 Å². The van der Waals surface area contributed by atoms with E-state index in [0.29, 0.717) is 0 Å². The molecule has 0 fully saturated rings. The molecular formula is C12H11NO5S. The van der Waals surface area contributed by atoms with E-state index in [0.717, 1.165) is 6.08 Å². The summed E-state index contributed by atoms with van der Waals surface area (Å²) in [4.78, 5) is 11.0. The molecule has 0 saturated carbocycles. The topological polar surface area (TPSA) is 104 Å². The van der Waals surface area contributed by atoms with E-state index in [1.165, 1.54) is 24.3 Å². The van der Waals surface area contributed by atoms with Crippen molar-refractivity contribution in [2.45, 2.75) is 11.8 Å². The highest BCUT2D eigenvalue weighted by atomic mass is 32.2. The Morgan fingerprint density at radius 2 is 2.11 bits per heavy atom. The van der Waals surface area contributed by atoms with Crippen molar-refractivity contribution in [3.05, 3.63) is 35.4 Å². The number of nitriles is 1. The molecule has 100 valence electrons. The number of rotatable bonds is 4. The SMILES string of the molecule is CCOC(=O)/C(C#N)=C/c1ccccc1S(=O)(=O)O. The van der Waals surface area contributed by atoms with Crippen molar-refractivity contribution in [3.63, 3.8) is 0 Å². The normalized spacial score (nSPS) is 11.7. The van der Waals surface area contributed by atoms with Crippen molar-refractivity contribution in [1.29, 1.82) is 5.26 Å². The quantitative estimate of drug-likeness (QED) is 0.387. The van der Waals surface area contributed by atoms with Crippen LogP contribution < -0.4 is 0 Å². The second-order valence-corrected chi connectivity index (χ2v) is 4.79. The van der Waals surface area contributed by atoms with E-state index in [-0.39, 0.29) is 22.6 Å². The Bertz CT molecular complexity index is 655. The zero-order chi connectivity index (χ0) is 14.5. The Kier molecular flexibility index (Phi) is 4.80. The van der Waals surface area contributed by atoms with Crippen molar-refractivity contribution in [1.82, 2.24) is 0 Å². The van der Waals surface area contributed by atoms with E-state index in [2.05, 4.69) is 4.74 Å². The molecule has 0 aromatic heterocycles. The van der Waals surface area contributed by atoms with Gasteiger partial charge >= 0.3 is 5.97 Å². The lowest BCUT2D eigenvalue weighted by atomic mass is 10.1. The Labute approximate surface area is 110 Å². The van der Waals surface area contributed by atoms with Crippen LogP contribution in [0.25, 0.3) is 6.08 Å². The van der Waals surface area contributed by atoms with Gasteiger partial charge in [-0.1, -0.05) is 18.2 Å². The molecule has 0 atom stereocenters. The fourth-order valence-corrected chi connectivity index (χ4v) is 2.01. The van der Waals surface area contributed by atoms with Crippen LogP contribution in [0.4, 0.5) is 0 Å². The molecule has 0 saturated heterocycles. The van der Waals surface area contributed by atoms with Gasteiger partial charge in [-0.3, -0.25) is 4.55 Å². The van der Waals surface area contributed by atoms with E-state index in [1.54, 1.807) is 13.0 Å². The summed E-state index contributed by atoms with van der Waals surface area (Å²) in [5.74, 6) is -0.852. The van der Waals surface area contributed by atoms with Crippen LogP contribution in [-0.4, -0.2) is 25.5 Å². The molecule has 0 radical (unpaired) electrons. The zero-order valence-electron chi connectivity index (χ0n) is 10.0. The third-order valence-corrected chi connectivity index (χ3v) is 3.04. The zero-order valence-corrected chi connectivity index (χ0v) is 10.8. The first-order chi connectivity index (χ1) is 8.90. The monoisotopic (exact) mass is 281 g/mol. The van der Waals surface area contributed by atoms with Crippen molar-refractivity contribution in [2.24, 2.45) is 0 Å². The summed E-state index contributed by atoms with van der Waals surface area (Å²) >= 11 is 0. The summed E-state index contributed by atoms with van der Waals surface area (Å²) in [5.41, 5.74) is -0.312. The summed E-state index contributed by atoms with van der Waals surface area (Å²) in [6.45, 7) is 1.68. The molecule has 19 heavy (non-hydrogen) atoms. The van der Waals surface area contributed by atoms with Crippen LogP contribution in [0.2, 0.25) is 0 Å². The van der Waals surface area contributed by atoms with Gasteiger partial charge in [0.2, 0.25) is 0 Å². The Morgan fingerprint density at radius 3 is 2.63 bits per heavy atom. The second kappa shape index (κ2) is 6.13. The lowest BCUT2D eigenvalue weighted by Crippen LogP contribution is -2.07. The summed E-state index contributed by atoms with van der Waals surface area (Å²) < 4.78 is 36.0. The van der Waals surface area contributed by atoms with Crippen LogP contribution in [0.5, 0.6) is 0 Å². The van der Waals surface area contributed by atoms with Crippen LogP contribution >= 0.6 is 0 Å². The lowest BCUT2D eigenvalue weighted by molar-refractivity contribution is -0.137. The summed E-state index contributed by atoms with van der Waals surface area (Å²) in [7, 11) is -4.43. The maximum atomic E-state index is 11.4. The van der Waals surface area contributed by atoms with Crippen molar-refractivity contribution in [3.8, 4) is 6.07 Å². The van der Waals surface area contributed by atoms with Crippen molar-refractivity contribution in [2.75, 3.05) is 6.61 Å². The third-order valence-electron chi connectivity index (χ3n) is 2.11. The number of carbonyl (C=O) groups excluding carboxylic acids is 1. The molecule has 0 bridgehead atoms. The molecule has 0 amide bonds. The summed E-state index contributed by atoms with van der Waals surface area (Å²) in [5, 5.41) is 8.85. The molecule has 7 heteroatoms. The molecule has 0 aliphatic carbocycles. The highest BCUT2D eigenvalue weighted by Gasteiger charge is 2.16. The van der Waals surface area contributed by atoms with Crippen LogP contribution in [0.1, 0.15) is 12.5 Å². The number of nitrogens with zero attached hydrogens (tertiary/aromatic N) is 1. The smallest absolute Gasteiger partial charge is 0.348 e. The predicted octanol–water partition coefficient (Wildman–Crippen LogP) is 1.40. The first kappa shape index (κ1) is 14.9. The maximum Gasteiger partial charge on any atom is 0.348 e. The molecule has 0 heterocycles. The molecule has 1 aromatic carbocycles. The third kappa shape index (κ3) is 3.91. The predicted molar refractivity (Wildman–Crippen MR) is 66.5 cm³/mol.